The summed E-state index contributed by atoms with van der Waals surface area (Å²) in [6, 6.07) is 6.26. The minimum Gasteiger partial charge on any atom is -0.464 e. The fourth-order valence-corrected chi connectivity index (χ4v) is 3.88. The summed E-state index contributed by atoms with van der Waals surface area (Å²) in [5, 5.41) is 6.82. The van der Waals surface area contributed by atoms with Crippen molar-refractivity contribution in [1.82, 2.24) is 20.2 Å². The van der Waals surface area contributed by atoms with Gasteiger partial charge in [0.05, 0.1) is 12.3 Å². The normalized spacial score (nSPS) is 15.5. The van der Waals surface area contributed by atoms with Crippen molar-refractivity contribution in [3.8, 4) is 0 Å². The van der Waals surface area contributed by atoms with Crippen LogP contribution in [0.4, 0.5) is 5.82 Å². The van der Waals surface area contributed by atoms with Gasteiger partial charge in [-0.2, -0.15) is 11.8 Å². The van der Waals surface area contributed by atoms with Crippen molar-refractivity contribution in [2.24, 2.45) is 0 Å². The third kappa shape index (κ3) is 6.00. The molecule has 1 aliphatic rings. The lowest BCUT2D eigenvalue weighted by Gasteiger charge is -2.22. The van der Waals surface area contributed by atoms with E-state index < -0.39 is 0 Å². The van der Waals surface area contributed by atoms with Gasteiger partial charge in [-0.25, -0.2) is 9.97 Å². The van der Waals surface area contributed by atoms with Crippen LogP contribution in [0.25, 0.3) is 0 Å². The summed E-state index contributed by atoms with van der Waals surface area (Å²) >= 11 is 1.87. The molecule has 1 aliphatic heterocycles. The van der Waals surface area contributed by atoms with Gasteiger partial charge in [0.2, 0.25) is 0 Å². The zero-order valence-corrected chi connectivity index (χ0v) is 16.5. The van der Waals surface area contributed by atoms with Crippen molar-refractivity contribution in [2.45, 2.75) is 31.1 Å². The van der Waals surface area contributed by atoms with Crippen molar-refractivity contribution >= 4 is 17.6 Å². The number of thioether (sulfide) groups is 1. The highest BCUT2D eigenvalue weighted by atomic mass is 32.2. The summed E-state index contributed by atoms with van der Waals surface area (Å²) in [6.45, 7) is 3.89. The molecule has 1 saturated heterocycles. The topological polar surface area (TPSA) is 66.2 Å². The van der Waals surface area contributed by atoms with Crippen LogP contribution >= 0.6 is 11.8 Å². The maximum atomic E-state index is 5.83. The highest BCUT2D eigenvalue weighted by Gasteiger charge is 2.16. The molecule has 0 bridgehead atoms. The smallest absolute Gasteiger partial charge is 0.129 e. The summed E-state index contributed by atoms with van der Waals surface area (Å²) in [4.78, 5) is 10.9. The van der Waals surface area contributed by atoms with Crippen LogP contribution in [-0.2, 0) is 12.3 Å². The molecule has 0 aromatic carbocycles. The Labute approximate surface area is 160 Å². The van der Waals surface area contributed by atoms with Crippen LogP contribution in [0.1, 0.15) is 36.0 Å². The Morgan fingerprint density at radius 2 is 2.04 bits per heavy atom. The lowest BCUT2D eigenvalue weighted by molar-refractivity contribution is 0.344. The van der Waals surface area contributed by atoms with Crippen molar-refractivity contribution in [3.63, 3.8) is 0 Å². The summed E-state index contributed by atoms with van der Waals surface area (Å²) < 4.78 is 5.83. The molecule has 3 heterocycles. The van der Waals surface area contributed by atoms with Crippen LogP contribution in [0, 0.1) is 0 Å². The van der Waals surface area contributed by atoms with Crippen LogP contribution in [0.3, 0.4) is 0 Å². The van der Waals surface area contributed by atoms with Gasteiger partial charge in [0, 0.05) is 30.0 Å². The largest absolute Gasteiger partial charge is 0.464 e. The van der Waals surface area contributed by atoms with E-state index in [9.17, 15) is 0 Å². The van der Waals surface area contributed by atoms with E-state index in [0.29, 0.717) is 5.92 Å². The second kappa shape index (κ2) is 9.94. The van der Waals surface area contributed by atoms with Gasteiger partial charge in [0.25, 0.3) is 0 Å². The Kier molecular flexibility index (Phi) is 7.34. The Morgan fingerprint density at radius 3 is 2.85 bits per heavy atom. The molecular weight excluding hydrogens is 346 g/mol. The fraction of sp³-hybridized carbons (Fsp3) is 0.579. The zero-order chi connectivity index (χ0) is 18.2. The first-order valence-electron chi connectivity index (χ1n) is 9.27. The molecule has 0 atom stereocenters. The molecule has 0 saturated carbocycles. The number of rotatable bonds is 9. The average molecular weight is 376 g/mol. The fourth-order valence-electron chi connectivity index (χ4n) is 3.13. The standard InChI is InChI=1S/C19H29N5OS/c1-24(2)12-16-3-4-17(25-16)13-26-10-9-21-19-11-18(22-14-23-19)15-5-7-20-8-6-15/h3-4,11,14-15,20H,5-10,12-13H2,1-2H3,(H,21,22,23). The summed E-state index contributed by atoms with van der Waals surface area (Å²) in [5.74, 6) is 5.47. The quantitative estimate of drug-likeness (QED) is 0.653. The Bertz CT molecular complexity index is 669. The predicted octanol–water partition coefficient (Wildman–Crippen LogP) is 2.94. The zero-order valence-electron chi connectivity index (χ0n) is 15.7. The van der Waals surface area contributed by atoms with Crippen LogP contribution in [0.2, 0.25) is 0 Å². The average Bonchev–Trinajstić information content (AvgIpc) is 3.09. The van der Waals surface area contributed by atoms with Gasteiger partial charge in [-0.05, 0) is 52.2 Å². The Hall–Kier alpha value is -1.57. The highest BCUT2D eigenvalue weighted by molar-refractivity contribution is 7.98. The molecule has 7 heteroatoms. The molecule has 3 rings (SSSR count). The number of aromatic nitrogens is 2. The second-order valence-electron chi connectivity index (χ2n) is 6.94. The molecule has 2 aromatic rings. The van der Waals surface area contributed by atoms with Crippen molar-refractivity contribution in [2.75, 3.05) is 44.8 Å². The first kappa shape index (κ1) is 19.2. The molecular formula is C19H29N5OS. The van der Waals surface area contributed by atoms with Crippen LogP contribution in [-0.4, -0.2) is 54.4 Å². The Balaban J connectivity index is 1.37. The summed E-state index contributed by atoms with van der Waals surface area (Å²) in [6.07, 6.45) is 4.00. The molecule has 1 fully saturated rings. The number of piperidine rings is 1. The van der Waals surface area contributed by atoms with Gasteiger partial charge in [-0.1, -0.05) is 0 Å². The van der Waals surface area contributed by atoms with Crippen molar-refractivity contribution in [1.29, 1.82) is 0 Å². The maximum Gasteiger partial charge on any atom is 0.129 e. The first-order chi connectivity index (χ1) is 12.7. The number of furan rings is 1. The first-order valence-corrected chi connectivity index (χ1v) is 10.4. The van der Waals surface area contributed by atoms with E-state index in [-0.39, 0.29) is 0 Å². The van der Waals surface area contributed by atoms with E-state index in [2.05, 4.69) is 43.7 Å². The van der Waals surface area contributed by atoms with E-state index in [1.807, 2.05) is 25.9 Å². The monoisotopic (exact) mass is 375 g/mol. The number of hydrogen-bond donors (Lipinski definition) is 2. The molecule has 142 valence electrons. The van der Waals surface area contributed by atoms with Crippen molar-refractivity contribution < 1.29 is 4.42 Å². The summed E-state index contributed by atoms with van der Waals surface area (Å²) in [5.41, 5.74) is 1.17. The van der Waals surface area contributed by atoms with E-state index in [0.717, 1.165) is 67.9 Å². The molecule has 0 unspecified atom stereocenters. The van der Waals surface area contributed by atoms with Gasteiger partial charge < -0.3 is 20.0 Å². The van der Waals surface area contributed by atoms with Gasteiger partial charge in [0.1, 0.15) is 23.7 Å². The van der Waals surface area contributed by atoms with Gasteiger partial charge in [-0.15, -0.1) is 0 Å². The van der Waals surface area contributed by atoms with E-state index in [4.69, 9.17) is 4.42 Å². The number of anilines is 1. The molecule has 2 N–H and O–H groups in total. The van der Waals surface area contributed by atoms with E-state index >= 15 is 0 Å². The van der Waals surface area contributed by atoms with Gasteiger partial charge >= 0.3 is 0 Å². The van der Waals surface area contributed by atoms with E-state index in [1.165, 1.54) is 5.69 Å². The van der Waals surface area contributed by atoms with Gasteiger partial charge in [-0.3, -0.25) is 0 Å². The minimum absolute atomic E-state index is 0.560. The molecule has 6 nitrogen and oxygen atoms in total. The third-order valence-electron chi connectivity index (χ3n) is 4.43. The lowest BCUT2D eigenvalue weighted by Crippen LogP contribution is -2.27. The number of nitrogens with one attached hydrogen (secondary N) is 2. The lowest BCUT2D eigenvalue weighted by atomic mass is 9.94. The second-order valence-corrected chi connectivity index (χ2v) is 8.04. The van der Waals surface area contributed by atoms with Crippen LogP contribution in [0.5, 0.6) is 0 Å². The van der Waals surface area contributed by atoms with Crippen molar-refractivity contribution in [3.05, 3.63) is 41.7 Å². The number of hydrogen-bond acceptors (Lipinski definition) is 7. The summed E-state index contributed by atoms with van der Waals surface area (Å²) in [7, 11) is 4.10. The van der Waals surface area contributed by atoms with Gasteiger partial charge in [0.15, 0.2) is 0 Å². The molecule has 26 heavy (non-hydrogen) atoms. The third-order valence-corrected chi connectivity index (χ3v) is 5.41. The van der Waals surface area contributed by atoms with Crippen LogP contribution < -0.4 is 10.6 Å². The van der Waals surface area contributed by atoms with E-state index in [1.54, 1.807) is 6.33 Å². The predicted molar refractivity (Wildman–Crippen MR) is 108 cm³/mol. The highest BCUT2D eigenvalue weighted by Crippen LogP contribution is 2.24. The Morgan fingerprint density at radius 1 is 1.23 bits per heavy atom. The molecule has 0 amide bonds. The van der Waals surface area contributed by atoms with Crippen LogP contribution in [0.15, 0.2) is 28.9 Å². The minimum atomic E-state index is 0.560. The molecule has 0 spiro atoms. The maximum absolute atomic E-state index is 5.83. The molecule has 2 aromatic heterocycles. The SMILES string of the molecule is CN(C)Cc1ccc(CSCCNc2cc(C3CCNCC3)ncn2)o1. The number of nitrogens with zero attached hydrogens (tertiary/aromatic N) is 3. The molecule has 0 aliphatic carbocycles. The molecule has 0 radical (unpaired) electrons.